The summed E-state index contributed by atoms with van der Waals surface area (Å²) in [6.07, 6.45) is 1.45. The molecule has 8 heteroatoms. The smallest absolute Gasteiger partial charge is 0.268 e. The summed E-state index contributed by atoms with van der Waals surface area (Å²) < 4.78 is 22.4. The fraction of sp³-hybridized carbons (Fsp3) is 0.333. The van der Waals surface area contributed by atoms with Crippen molar-refractivity contribution in [3.8, 4) is 17.2 Å². The predicted molar refractivity (Wildman–Crippen MR) is 131 cm³/mol. The molecule has 8 nitrogen and oxygen atoms in total. The maximum atomic E-state index is 13.7. The molecule has 1 aliphatic rings. The van der Waals surface area contributed by atoms with Gasteiger partial charge in [-0.1, -0.05) is 25.1 Å². The molecular formula is C27H30N2O6. The first-order valence-electron chi connectivity index (χ1n) is 11.5. The van der Waals surface area contributed by atoms with E-state index in [0.29, 0.717) is 35.1 Å². The summed E-state index contributed by atoms with van der Waals surface area (Å²) in [5.74, 6) is 1.91. The molecule has 2 aromatic carbocycles. The number of hydrogen-bond acceptors (Lipinski definition) is 6. The van der Waals surface area contributed by atoms with Crippen molar-refractivity contribution in [2.75, 3.05) is 25.7 Å². The molecule has 1 aliphatic heterocycles. The van der Waals surface area contributed by atoms with Crippen molar-refractivity contribution < 1.29 is 28.2 Å². The molecule has 0 N–H and O–H groups in total. The number of benzene rings is 2. The summed E-state index contributed by atoms with van der Waals surface area (Å²) in [6.45, 7) is 4.19. The summed E-state index contributed by atoms with van der Waals surface area (Å²) in [6, 6.07) is 14.8. The van der Waals surface area contributed by atoms with Crippen LogP contribution in [0.5, 0.6) is 17.2 Å². The molecule has 4 rings (SSSR count). The average molecular weight is 479 g/mol. The van der Waals surface area contributed by atoms with Crippen LogP contribution in [0, 0.1) is 6.92 Å². The van der Waals surface area contributed by atoms with Crippen molar-refractivity contribution in [3.63, 3.8) is 0 Å². The van der Waals surface area contributed by atoms with Gasteiger partial charge in [-0.3, -0.25) is 14.5 Å². The Morgan fingerprint density at radius 2 is 1.91 bits per heavy atom. The molecule has 35 heavy (non-hydrogen) atoms. The average Bonchev–Trinajstić information content (AvgIpc) is 3.38. The van der Waals surface area contributed by atoms with E-state index in [1.807, 2.05) is 50.2 Å². The molecule has 0 bridgehead atoms. The minimum atomic E-state index is -0.630. The van der Waals surface area contributed by atoms with E-state index in [2.05, 4.69) is 0 Å². The maximum absolute atomic E-state index is 13.7. The highest BCUT2D eigenvalue weighted by Gasteiger charge is 2.35. The number of anilines is 1. The fourth-order valence-corrected chi connectivity index (χ4v) is 4.20. The van der Waals surface area contributed by atoms with Gasteiger partial charge in [-0.15, -0.1) is 0 Å². The normalized spacial score (nSPS) is 14.8. The Hall–Kier alpha value is -3.94. The molecule has 3 aromatic rings. The largest absolute Gasteiger partial charge is 0.493 e. The molecule has 0 fully saturated rings. The van der Waals surface area contributed by atoms with Gasteiger partial charge in [-0.05, 0) is 49.2 Å². The molecule has 0 saturated carbocycles. The monoisotopic (exact) mass is 478 g/mol. The first kappa shape index (κ1) is 24.2. The number of aryl methyl sites for hydroxylation is 1. The Morgan fingerprint density at radius 3 is 2.60 bits per heavy atom. The molecule has 1 atom stereocenters. The number of hydrogen-bond donors (Lipinski definition) is 0. The van der Waals surface area contributed by atoms with Crippen LogP contribution in [0.15, 0.2) is 59.2 Å². The minimum absolute atomic E-state index is 0.123. The Morgan fingerprint density at radius 1 is 1.09 bits per heavy atom. The van der Waals surface area contributed by atoms with Crippen molar-refractivity contribution >= 4 is 17.5 Å². The zero-order chi connectivity index (χ0) is 24.9. The maximum Gasteiger partial charge on any atom is 0.268 e. The van der Waals surface area contributed by atoms with Crippen molar-refractivity contribution in [1.82, 2.24) is 4.90 Å². The molecular weight excluding hydrogens is 448 g/mol. The van der Waals surface area contributed by atoms with Crippen molar-refractivity contribution in [2.24, 2.45) is 0 Å². The van der Waals surface area contributed by atoms with Crippen LogP contribution in [0.2, 0.25) is 0 Å². The molecule has 0 saturated heterocycles. The molecule has 2 heterocycles. The van der Waals surface area contributed by atoms with Crippen LogP contribution in [-0.2, 0) is 22.7 Å². The zero-order valence-electron chi connectivity index (χ0n) is 20.4. The van der Waals surface area contributed by atoms with E-state index in [0.717, 1.165) is 11.1 Å². The highest BCUT2D eigenvalue weighted by atomic mass is 16.5. The fourth-order valence-electron chi connectivity index (χ4n) is 4.20. The Bertz CT molecular complexity index is 1190. The third kappa shape index (κ3) is 5.11. The number of amides is 2. The van der Waals surface area contributed by atoms with E-state index in [9.17, 15) is 9.59 Å². The van der Waals surface area contributed by atoms with E-state index < -0.39 is 6.10 Å². The third-order valence-corrected chi connectivity index (χ3v) is 6.01. The number of nitrogens with zero attached hydrogens (tertiary/aromatic N) is 2. The van der Waals surface area contributed by atoms with E-state index in [1.54, 1.807) is 37.5 Å². The summed E-state index contributed by atoms with van der Waals surface area (Å²) in [7, 11) is 3.14. The minimum Gasteiger partial charge on any atom is -0.493 e. The number of ether oxygens (including phenoxy) is 3. The lowest BCUT2D eigenvalue weighted by Gasteiger charge is -2.35. The number of fused-ring (bicyclic) bond motifs is 1. The Balaban J connectivity index is 1.65. The van der Waals surface area contributed by atoms with E-state index in [1.165, 1.54) is 4.90 Å². The highest BCUT2D eigenvalue weighted by Crippen LogP contribution is 2.36. The lowest BCUT2D eigenvalue weighted by atomic mass is 10.1. The summed E-state index contributed by atoms with van der Waals surface area (Å²) >= 11 is 0. The second-order valence-corrected chi connectivity index (χ2v) is 8.39. The van der Waals surface area contributed by atoms with Gasteiger partial charge in [-0.2, -0.15) is 0 Å². The van der Waals surface area contributed by atoms with Gasteiger partial charge in [0.15, 0.2) is 17.6 Å². The predicted octanol–water partition coefficient (Wildman–Crippen LogP) is 4.34. The van der Waals surface area contributed by atoms with Gasteiger partial charge >= 0.3 is 0 Å². The first-order valence-corrected chi connectivity index (χ1v) is 11.5. The van der Waals surface area contributed by atoms with E-state index in [4.69, 9.17) is 18.6 Å². The second kappa shape index (κ2) is 10.5. The summed E-state index contributed by atoms with van der Waals surface area (Å²) in [5, 5.41) is 0. The Labute approximate surface area is 205 Å². The van der Waals surface area contributed by atoms with Gasteiger partial charge in [0.05, 0.1) is 32.7 Å². The zero-order valence-corrected chi connectivity index (χ0v) is 20.4. The quantitative estimate of drug-likeness (QED) is 0.455. The summed E-state index contributed by atoms with van der Waals surface area (Å²) in [4.78, 5) is 30.1. The topological polar surface area (TPSA) is 81.5 Å². The highest BCUT2D eigenvalue weighted by molar-refractivity contribution is 6.03. The van der Waals surface area contributed by atoms with Crippen LogP contribution in [0.25, 0.3) is 0 Å². The number of carbonyl (C=O) groups is 2. The number of furan rings is 1. The van der Waals surface area contributed by atoms with Gasteiger partial charge in [0, 0.05) is 12.1 Å². The van der Waals surface area contributed by atoms with Gasteiger partial charge < -0.3 is 23.5 Å². The molecule has 0 radical (unpaired) electrons. The third-order valence-electron chi connectivity index (χ3n) is 6.01. The van der Waals surface area contributed by atoms with Crippen LogP contribution in [0.4, 0.5) is 5.69 Å². The number of carbonyl (C=O) groups excluding carboxylic acids is 2. The van der Waals surface area contributed by atoms with Gasteiger partial charge in [0.25, 0.3) is 5.91 Å². The first-order chi connectivity index (χ1) is 16.9. The van der Waals surface area contributed by atoms with E-state index >= 15 is 0 Å². The SMILES string of the molecule is CCC1Oc2ccc(C)cc2N(CC(=O)N(Cc2ccco2)Cc2cccc(OC)c2OC)C1=O. The van der Waals surface area contributed by atoms with Crippen molar-refractivity contribution in [2.45, 2.75) is 39.5 Å². The number of rotatable bonds is 9. The van der Waals surface area contributed by atoms with Crippen LogP contribution in [0.3, 0.4) is 0 Å². The van der Waals surface area contributed by atoms with Gasteiger partial charge in [0.2, 0.25) is 5.91 Å². The van der Waals surface area contributed by atoms with Crippen molar-refractivity contribution in [1.29, 1.82) is 0 Å². The van der Waals surface area contributed by atoms with Gasteiger partial charge in [0.1, 0.15) is 18.1 Å². The van der Waals surface area contributed by atoms with Crippen molar-refractivity contribution in [3.05, 3.63) is 71.7 Å². The number of para-hydroxylation sites is 1. The second-order valence-electron chi connectivity index (χ2n) is 8.39. The Kier molecular flexibility index (Phi) is 7.29. The molecule has 2 amide bonds. The van der Waals surface area contributed by atoms with E-state index in [-0.39, 0.29) is 31.4 Å². The lowest BCUT2D eigenvalue weighted by Crippen LogP contribution is -2.50. The molecule has 1 unspecified atom stereocenters. The standard InChI is InChI=1S/C27H30N2O6/c1-5-22-27(31)29(21-14-18(2)11-12-23(21)35-22)17-25(30)28(16-20-9-7-13-34-20)15-19-8-6-10-24(32-3)26(19)33-4/h6-14,22H,5,15-17H2,1-4H3. The van der Waals surface area contributed by atoms with Crippen LogP contribution < -0.4 is 19.1 Å². The number of methoxy groups -OCH3 is 2. The molecule has 0 spiro atoms. The summed E-state index contributed by atoms with van der Waals surface area (Å²) in [5.41, 5.74) is 2.36. The van der Waals surface area contributed by atoms with Gasteiger partial charge in [-0.25, -0.2) is 0 Å². The van der Waals surface area contributed by atoms with Crippen LogP contribution in [-0.4, -0.2) is 43.6 Å². The molecule has 1 aromatic heterocycles. The van der Waals surface area contributed by atoms with Crippen LogP contribution in [0.1, 0.15) is 30.2 Å². The lowest BCUT2D eigenvalue weighted by molar-refractivity contribution is -0.134. The molecule has 0 aliphatic carbocycles. The van der Waals surface area contributed by atoms with Crippen LogP contribution >= 0.6 is 0 Å². The molecule has 184 valence electrons.